The summed E-state index contributed by atoms with van der Waals surface area (Å²) in [5, 5.41) is 0. The molecule has 0 radical (unpaired) electrons. The molecule has 0 spiro atoms. The first-order valence-corrected chi connectivity index (χ1v) is 5.02. The van der Waals surface area contributed by atoms with Gasteiger partial charge in [-0.1, -0.05) is 6.92 Å². The summed E-state index contributed by atoms with van der Waals surface area (Å²) in [6.07, 6.45) is 2.47. The average Bonchev–Trinajstić information content (AvgIpc) is 2.08. The molecule has 1 amide bonds. The summed E-state index contributed by atoms with van der Waals surface area (Å²) in [4.78, 5) is 15.3. The highest BCUT2D eigenvalue weighted by molar-refractivity contribution is 5.77. The van der Waals surface area contributed by atoms with Gasteiger partial charge in [0.05, 0.1) is 6.54 Å². The standard InChI is InChI=1S/C10H20N2O/c1-9-4-6-12(7-5-9)8-10(13)11(2)3/h9H,4-8H2,1-3H3. The van der Waals surface area contributed by atoms with Gasteiger partial charge < -0.3 is 4.90 Å². The fourth-order valence-electron chi connectivity index (χ4n) is 1.55. The predicted molar refractivity (Wildman–Crippen MR) is 53.5 cm³/mol. The lowest BCUT2D eigenvalue weighted by Gasteiger charge is -2.30. The molecule has 1 saturated heterocycles. The lowest BCUT2D eigenvalue weighted by atomic mass is 9.99. The van der Waals surface area contributed by atoms with Gasteiger partial charge >= 0.3 is 0 Å². The van der Waals surface area contributed by atoms with E-state index in [1.807, 2.05) is 14.1 Å². The third-order valence-electron chi connectivity index (χ3n) is 2.73. The van der Waals surface area contributed by atoms with Gasteiger partial charge in [0, 0.05) is 14.1 Å². The van der Waals surface area contributed by atoms with E-state index in [9.17, 15) is 4.79 Å². The number of likely N-dealkylation sites (N-methyl/N-ethyl adjacent to an activating group) is 1. The zero-order chi connectivity index (χ0) is 9.84. The van der Waals surface area contributed by atoms with Crippen LogP contribution in [0.5, 0.6) is 0 Å². The van der Waals surface area contributed by atoms with Crippen LogP contribution in [-0.2, 0) is 4.79 Å². The van der Waals surface area contributed by atoms with Crippen molar-refractivity contribution in [3.05, 3.63) is 0 Å². The molecule has 0 aromatic heterocycles. The van der Waals surface area contributed by atoms with Gasteiger partial charge in [0.1, 0.15) is 0 Å². The monoisotopic (exact) mass is 184 g/mol. The number of carbonyl (C=O) groups excluding carboxylic acids is 1. The third kappa shape index (κ3) is 3.35. The van der Waals surface area contributed by atoms with Crippen molar-refractivity contribution in [2.24, 2.45) is 5.92 Å². The van der Waals surface area contributed by atoms with Gasteiger partial charge in [-0.05, 0) is 31.8 Å². The Labute approximate surface area is 80.7 Å². The first kappa shape index (κ1) is 10.5. The number of piperidine rings is 1. The minimum atomic E-state index is 0.217. The molecule has 0 N–H and O–H groups in total. The number of rotatable bonds is 2. The van der Waals surface area contributed by atoms with Crippen molar-refractivity contribution in [1.29, 1.82) is 0 Å². The molecular formula is C10H20N2O. The first-order valence-electron chi connectivity index (χ1n) is 5.02. The summed E-state index contributed by atoms with van der Waals surface area (Å²) >= 11 is 0. The van der Waals surface area contributed by atoms with Crippen LogP contribution >= 0.6 is 0 Å². The fourth-order valence-corrected chi connectivity index (χ4v) is 1.55. The summed E-state index contributed by atoms with van der Waals surface area (Å²) < 4.78 is 0. The maximum absolute atomic E-state index is 11.4. The average molecular weight is 184 g/mol. The van der Waals surface area contributed by atoms with Gasteiger partial charge in [0.25, 0.3) is 0 Å². The van der Waals surface area contributed by atoms with Crippen LogP contribution in [0.4, 0.5) is 0 Å². The van der Waals surface area contributed by atoms with Crippen molar-refractivity contribution in [3.8, 4) is 0 Å². The van der Waals surface area contributed by atoms with E-state index >= 15 is 0 Å². The zero-order valence-electron chi connectivity index (χ0n) is 8.92. The lowest BCUT2D eigenvalue weighted by molar-refractivity contribution is -0.130. The second-order valence-electron chi connectivity index (χ2n) is 4.25. The number of hydrogen-bond acceptors (Lipinski definition) is 2. The second kappa shape index (κ2) is 4.61. The molecule has 1 rings (SSSR count). The van der Waals surface area contributed by atoms with Crippen molar-refractivity contribution < 1.29 is 4.79 Å². The van der Waals surface area contributed by atoms with Crippen molar-refractivity contribution in [3.63, 3.8) is 0 Å². The van der Waals surface area contributed by atoms with E-state index in [2.05, 4.69) is 11.8 Å². The lowest BCUT2D eigenvalue weighted by Crippen LogP contribution is -2.40. The highest BCUT2D eigenvalue weighted by Gasteiger charge is 2.18. The van der Waals surface area contributed by atoms with Crippen LogP contribution in [0, 0.1) is 5.92 Å². The van der Waals surface area contributed by atoms with E-state index in [-0.39, 0.29) is 5.91 Å². The van der Waals surface area contributed by atoms with Crippen LogP contribution in [0.25, 0.3) is 0 Å². The first-order chi connectivity index (χ1) is 6.09. The maximum Gasteiger partial charge on any atom is 0.236 e. The van der Waals surface area contributed by atoms with Gasteiger partial charge in [-0.25, -0.2) is 0 Å². The molecule has 0 aromatic carbocycles. The van der Waals surface area contributed by atoms with Crippen LogP contribution < -0.4 is 0 Å². The molecule has 1 aliphatic heterocycles. The summed E-state index contributed by atoms with van der Waals surface area (Å²) in [5.41, 5.74) is 0. The van der Waals surface area contributed by atoms with Crippen molar-refractivity contribution >= 4 is 5.91 Å². The van der Waals surface area contributed by atoms with Gasteiger partial charge in [-0.3, -0.25) is 9.69 Å². The van der Waals surface area contributed by atoms with Crippen LogP contribution in [0.1, 0.15) is 19.8 Å². The van der Waals surface area contributed by atoms with Gasteiger partial charge in [0.2, 0.25) is 5.91 Å². The summed E-state index contributed by atoms with van der Waals surface area (Å²) in [5.74, 6) is 1.06. The Morgan fingerprint density at radius 1 is 1.38 bits per heavy atom. The largest absolute Gasteiger partial charge is 0.348 e. The van der Waals surface area contributed by atoms with E-state index in [0.717, 1.165) is 19.0 Å². The molecule has 3 heteroatoms. The molecule has 0 aromatic rings. The molecule has 0 unspecified atom stereocenters. The summed E-state index contributed by atoms with van der Waals surface area (Å²) in [6, 6.07) is 0. The minimum absolute atomic E-state index is 0.217. The molecular weight excluding hydrogens is 164 g/mol. The highest BCUT2D eigenvalue weighted by atomic mass is 16.2. The Kier molecular flexibility index (Phi) is 3.72. The van der Waals surface area contributed by atoms with Crippen molar-refractivity contribution in [2.75, 3.05) is 33.7 Å². The molecule has 0 bridgehead atoms. The van der Waals surface area contributed by atoms with E-state index in [1.54, 1.807) is 4.90 Å². The Morgan fingerprint density at radius 2 is 1.92 bits per heavy atom. The molecule has 3 nitrogen and oxygen atoms in total. The second-order valence-corrected chi connectivity index (χ2v) is 4.25. The Hall–Kier alpha value is -0.570. The summed E-state index contributed by atoms with van der Waals surface area (Å²) in [6.45, 7) is 5.05. The number of likely N-dealkylation sites (tertiary alicyclic amines) is 1. The molecule has 0 atom stereocenters. The fraction of sp³-hybridized carbons (Fsp3) is 0.900. The maximum atomic E-state index is 11.4. The van der Waals surface area contributed by atoms with Gasteiger partial charge in [-0.15, -0.1) is 0 Å². The predicted octanol–water partition coefficient (Wildman–Crippen LogP) is 0.806. The quantitative estimate of drug-likeness (QED) is 0.634. The zero-order valence-corrected chi connectivity index (χ0v) is 8.92. The smallest absolute Gasteiger partial charge is 0.236 e. The van der Waals surface area contributed by atoms with E-state index < -0.39 is 0 Å². The highest BCUT2D eigenvalue weighted by Crippen LogP contribution is 2.15. The van der Waals surface area contributed by atoms with Crippen LogP contribution in [0.15, 0.2) is 0 Å². The normalized spacial score (nSPS) is 20.2. The van der Waals surface area contributed by atoms with E-state index in [1.165, 1.54) is 12.8 Å². The van der Waals surface area contributed by atoms with Gasteiger partial charge in [0.15, 0.2) is 0 Å². The molecule has 1 fully saturated rings. The van der Waals surface area contributed by atoms with Gasteiger partial charge in [-0.2, -0.15) is 0 Å². The number of amides is 1. The number of carbonyl (C=O) groups is 1. The summed E-state index contributed by atoms with van der Waals surface area (Å²) in [7, 11) is 3.63. The molecule has 13 heavy (non-hydrogen) atoms. The molecule has 1 aliphatic rings. The Balaban J connectivity index is 2.26. The minimum Gasteiger partial charge on any atom is -0.348 e. The van der Waals surface area contributed by atoms with Crippen LogP contribution in [0.3, 0.4) is 0 Å². The Morgan fingerprint density at radius 3 is 2.38 bits per heavy atom. The molecule has 0 saturated carbocycles. The topological polar surface area (TPSA) is 23.6 Å². The van der Waals surface area contributed by atoms with Crippen LogP contribution in [0.2, 0.25) is 0 Å². The molecule has 1 heterocycles. The van der Waals surface area contributed by atoms with Crippen molar-refractivity contribution in [1.82, 2.24) is 9.80 Å². The van der Waals surface area contributed by atoms with E-state index in [0.29, 0.717) is 6.54 Å². The van der Waals surface area contributed by atoms with Crippen LogP contribution in [-0.4, -0.2) is 49.4 Å². The molecule has 0 aliphatic carbocycles. The number of nitrogens with zero attached hydrogens (tertiary/aromatic N) is 2. The van der Waals surface area contributed by atoms with E-state index in [4.69, 9.17) is 0 Å². The Bertz CT molecular complexity index is 172. The SMILES string of the molecule is CC1CCN(CC(=O)N(C)C)CC1. The third-order valence-corrected chi connectivity index (χ3v) is 2.73. The molecule has 76 valence electrons. The number of hydrogen-bond donors (Lipinski definition) is 0. The van der Waals surface area contributed by atoms with Crippen molar-refractivity contribution in [2.45, 2.75) is 19.8 Å².